The molecule has 1 aliphatic carbocycles. The van der Waals surface area contributed by atoms with Crippen LogP contribution in [-0.4, -0.2) is 11.1 Å². The number of carboxylic acids is 1. The molecular weight excluding hydrogens is 260 g/mol. The van der Waals surface area contributed by atoms with Crippen LogP contribution in [0.2, 0.25) is 0 Å². The SMILES string of the molecule is C=C(C(=O)O)c1cccc2c1Cc1ccccc1-2.C=CC. The molecule has 0 saturated carbocycles. The van der Waals surface area contributed by atoms with Crippen molar-refractivity contribution in [2.45, 2.75) is 13.3 Å². The number of hydrogen-bond donors (Lipinski definition) is 1. The molecule has 0 saturated heterocycles. The maximum absolute atomic E-state index is 11.1. The molecule has 21 heavy (non-hydrogen) atoms. The lowest BCUT2D eigenvalue weighted by atomic mass is 9.96. The molecule has 2 nitrogen and oxygen atoms in total. The molecular formula is C19H18O2. The van der Waals surface area contributed by atoms with Crippen LogP contribution < -0.4 is 0 Å². The lowest BCUT2D eigenvalue weighted by Gasteiger charge is -2.07. The highest BCUT2D eigenvalue weighted by Crippen LogP contribution is 2.39. The van der Waals surface area contributed by atoms with E-state index >= 15 is 0 Å². The zero-order chi connectivity index (χ0) is 15.4. The topological polar surface area (TPSA) is 37.3 Å². The van der Waals surface area contributed by atoms with Gasteiger partial charge in [-0.05, 0) is 41.2 Å². The minimum Gasteiger partial charge on any atom is -0.478 e. The molecule has 2 aromatic rings. The van der Waals surface area contributed by atoms with E-state index in [0.29, 0.717) is 0 Å². The Labute approximate surface area is 125 Å². The van der Waals surface area contributed by atoms with E-state index in [1.54, 1.807) is 6.08 Å². The van der Waals surface area contributed by atoms with Crippen molar-refractivity contribution in [3.05, 3.63) is 78.4 Å². The quantitative estimate of drug-likeness (QED) is 0.551. The molecule has 0 spiro atoms. The Kier molecular flexibility index (Phi) is 4.39. The molecule has 0 fully saturated rings. The van der Waals surface area contributed by atoms with Gasteiger partial charge in [0.15, 0.2) is 0 Å². The normalized spacial score (nSPS) is 10.7. The first-order valence-corrected chi connectivity index (χ1v) is 6.80. The van der Waals surface area contributed by atoms with Gasteiger partial charge in [0.05, 0.1) is 5.57 Å². The monoisotopic (exact) mass is 278 g/mol. The highest BCUT2D eigenvalue weighted by atomic mass is 16.4. The lowest BCUT2D eigenvalue weighted by Crippen LogP contribution is -2.01. The van der Waals surface area contributed by atoms with Crippen molar-refractivity contribution in [1.29, 1.82) is 0 Å². The van der Waals surface area contributed by atoms with Gasteiger partial charge in [0, 0.05) is 0 Å². The Morgan fingerprint density at radius 3 is 2.43 bits per heavy atom. The van der Waals surface area contributed by atoms with Crippen LogP contribution >= 0.6 is 0 Å². The minimum atomic E-state index is -0.959. The summed E-state index contributed by atoms with van der Waals surface area (Å²) in [5, 5.41) is 9.08. The summed E-state index contributed by atoms with van der Waals surface area (Å²) in [5.41, 5.74) is 5.57. The largest absolute Gasteiger partial charge is 0.478 e. The molecule has 0 aromatic heterocycles. The summed E-state index contributed by atoms with van der Waals surface area (Å²) < 4.78 is 0. The van der Waals surface area contributed by atoms with E-state index in [9.17, 15) is 4.79 Å². The molecule has 0 aliphatic heterocycles. The molecule has 1 N–H and O–H groups in total. The Hall–Kier alpha value is -2.61. The first-order valence-electron chi connectivity index (χ1n) is 6.80. The molecule has 106 valence electrons. The second-order valence-electron chi connectivity index (χ2n) is 4.86. The summed E-state index contributed by atoms with van der Waals surface area (Å²) >= 11 is 0. The third kappa shape index (κ3) is 2.79. The van der Waals surface area contributed by atoms with Gasteiger partial charge in [0.2, 0.25) is 0 Å². The summed E-state index contributed by atoms with van der Waals surface area (Å²) in [7, 11) is 0. The maximum Gasteiger partial charge on any atom is 0.335 e. The average Bonchev–Trinajstić information content (AvgIpc) is 2.85. The van der Waals surface area contributed by atoms with Crippen LogP contribution in [0.3, 0.4) is 0 Å². The molecule has 0 atom stereocenters. The van der Waals surface area contributed by atoms with E-state index in [-0.39, 0.29) is 5.57 Å². The maximum atomic E-state index is 11.1. The predicted octanol–water partition coefficient (Wildman–Crippen LogP) is 4.55. The van der Waals surface area contributed by atoms with Crippen molar-refractivity contribution < 1.29 is 9.90 Å². The molecule has 0 heterocycles. The number of allylic oxidation sites excluding steroid dienone is 1. The van der Waals surface area contributed by atoms with Gasteiger partial charge >= 0.3 is 5.97 Å². The van der Waals surface area contributed by atoms with Gasteiger partial charge in [-0.25, -0.2) is 4.79 Å². The number of fused-ring (bicyclic) bond motifs is 3. The van der Waals surface area contributed by atoms with Crippen molar-refractivity contribution in [3.8, 4) is 11.1 Å². The van der Waals surface area contributed by atoms with Crippen molar-refractivity contribution >= 4 is 11.5 Å². The van der Waals surface area contributed by atoms with Crippen molar-refractivity contribution in [2.75, 3.05) is 0 Å². The first kappa shape index (κ1) is 14.8. The summed E-state index contributed by atoms with van der Waals surface area (Å²) in [6.07, 6.45) is 2.54. The standard InChI is InChI=1S/C16H12O2.C3H6/c1-10(16(17)18)12-7-4-8-14-13-6-3-2-5-11(13)9-15(12)14;1-3-2/h2-8H,1,9H2,(H,17,18);3H,1H2,2H3. The smallest absolute Gasteiger partial charge is 0.335 e. The molecule has 1 aliphatic rings. The summed E-state index contributed by atoms with van der Waals surface area (Å²) in [4.78, 5) is 11.1. The average molecular weight is 278 g/mol. The number of benzene rings is 2. The second-order valence-corrected chi connectivity index (χ2v) is 4.86. The van der Waals surface area contributed by atoms with Gasteiger partial charge in [-0.15, -0.1) is 6.58 Å². The first-order chi connectivity index (χ1) is 10.1. The fraction of sp³-hybridized carbons (Fsp3) is 0.105. The molecule has 2 heteroatoms. The third-order valence-electron chi connectivity index (χ3n) is 3.43. The van der Waals surface area contributed by atoms with Crippen LogP contribution in [0, 0.1) is 0 Å². The number of rotatable bonds is 2. The number of carboxylic acid groups (broad SMARTS) is 1. The van der Waals surface area contributed by atoms with E-state index in [0.717, 1.165) is 23.1 Å². The van der Waals surface area contributed by atoms with Gasteiger partial charge in [-0.1, -0.05) is 55.1 Å². The molecule has 2 aromatic carbocycles. The number of carbonyl (C=O) groups is 1. The molecule has 0 bridgehead atoms. The van der Waals surface area contributed by atoms with E-state index in [4.69, 9.17) is 5.11 Å². The lowest BCUT2D eigenvalue weighted by molar-refractivity contribution is -0.130. The Balaban J connectivity index is 0.000000497. The highest BCUT2D eigenvalue weighted by Gasteiger charge is 2.22. The van der Waals surface area contributed by atoms with Gasteiger partial charge < -0.3 is 5.11 Å². The van der Waals surface area contributed by atoms with Crippen LogP contribution in [0.4, 0.5) is 0 Å². The fourth-order valence-corrected chi connectivity index (χ4v) is 2.56. The zero-order valence-corrected chi connectivity index (χ0v) is 12.1. The Morgan fingerprint density at radius 1 is 1.14 bits per heavy atom. The Bertz CT molecular complexity index is 711. The molecule has 3 rings (SSSR count). The zero-order valence-electron chi connectivity index (χ0n) is 12.1. The van der Waals surface area contributed by atoms with Crippen LogP contribution in [0.5, 0.6) is 0 Å². The predicted molar refractivity (Wildman–Crippen MR) is 87.2 cm³/mol. The van der Waals surface area contributed by atoms with Crippen LogP contribution in [0.25, 0.3) is 16.7 Å². The van der Waals surface area contributed by atoms with Crippen LogP contribution in [-0.2, 0) is 11.2 Å². The number of aliphatic carboxylic acids is 1. The van der Waals surface area contributed by atoms with Gasteiger partial charge in [0.1, 0.15) is 0 Å². The van der Waals surface area contributed by atoms with Crippen LogP contribution in [0.15, 0.2) is 61.7 Å². The molecule has 0 radical (unpaired) electrons. The van der Waals surface area contributed by atoms with Gasteiger partial charge in [0.25, 0.3) is 0 Å². The van der Waals surface area contributed by atoms with Gasteiger partial charge in [-0.2, -0.15) is 0 Å². The highest BCUT2D eigenvalue weighted by molar-refractivity contribution is 6.15. The van der Waals surface area contributed by atoms with Crippen molar-refractivity contribution in [2.24, 2.45) is 0 Å². The minimum absolute atomic E-state index is 0.166. The summed E-state index contributed by atoms with van der Waals surface area (Å²) in [6, 6.07) is 13.9. The van der Waals surface area contributed by atoms with Gasteiger partial charge in [-0.3, -0.25) is 0 Å². The third-order valence-corrected chi connectivity index (χ3v) is 3.43. The molecule has 0 unspecified atom stereocenters. The van der Waals surface area contributed by atoms with Crippen LogP contribution in [0.1, 0.15) is 23.6 Å². The Morgan fingerprint density at radius 2 is 1.76 bits per heavy atom. The van der Waals surface area contributed by atoms with E-state index in [1.165, 1.54) is 11.1 Å². The summed E-state index contributed by atoms with van der Waals surface area (Å²) in [5.74, 6) is -0.959. The molecule has 0 amide bonds. The summed E-state index contributed by atoms with van der Waals surface area (Å²) in [6.45, 7) is 8.92. The van der Waals surface area contributed by atoms with Crippen molar-refractivity contribution in [1.82, 2.24) is 0 Å². The van der Waals surface area contributed by atoms with E-state index in [1.807, 2.05) is 37.3 Å². The van der Waals surface area contributed by atoms with E-state index in [2.05, 4.69) is 25.3 Å². The second kappa shape index (κ2) is 6.23. The number of hydrogen-bond acceptors (Lipinski definition) is 1. The fourth-order valence-electron chi connectivity index (χ4n) is 2.56. The van der Waals surface area contributed by atoms with E-state index < -0.39 is 5.97 Å². The van der Waals surface area contributed by atoms with Crippen molar-refractivity contribution in [3.63, 3.8) is 0 Å².